The summed E-state index contributed by atoms with van der Waals surface area (Å²) in [4.78, 5) is 8.06. The average molecular weight is 495 g/mol. The number of unbranched alkanes of at least 4 members (excludes halogenated alkanes) is 12. The summed E-state index contributed by atoms with van der Waals surface area (Å²) >= 11 is 0. The molecule has 35 heavy (non-hydrogen) atoms. The highest BCUT2D eigenvalue weighted by molar-refractivity contribution is 5.14. The van der Waals surface area contributed by atoms with Crippen LogP contribution in [-0.4, -0.2) is 23.2 Å². The van der Waals surface area contributed by atoms with Crippen LogP contribution in [0.2, 0.25) is 0 Å². The number of nitrogens with zero attached hydrogens (tertiary/aromatic N) is 2. The van der Waals surface area contributed by atoms with Gasteiger partial charge in [-0.25, -0.2) is 4.98 Å². The van der Waals surface area contributed by atoms with E-state index in [1.54, 1.807) is 0 Å². The highest BCUT2D eigenvalue weighted by atomic mass is 19.1. The van der Waals surface area contributed by atoms with Crippen LogP contribution >= 0.6 is 0 Å². The summed E-state index contributed by atoms with van der Waals surface area (Å²) in [5.74, 6) is -0.518. The van der Waals surface area contributed by atoms with E-state index in [1.165, 1.54) is 77.0 Å². The second-order valence-electron chi connectivity index (χ2n) is 12.6. The Morgan fingerprint density at radius 1 is 0.600 bits per heavy atom. The van der Waals surface area contributed by atoms with Crippen molar-refractivity contribution in [2.75, 3.05) is 13.2 Å². The SMILES string of the molecule is CC(C)(C)CCCCCCCCCOc1ncc(F)c(OCCCCCCCCCC(C)(C)C)n1. The molecule has 0 spiro atoms. The molecular formula is C30H55FN2O2. The van der Waals surface area contributed by atoms with Crippen molar-refractivity contribution in [2.24, 2.45) is 10.8 Å². The summed E-state index contributed by atoms with van der Waals surface area (Å²) in [6, 6.07) is 0.207. The first-order chi connectivity index (χ1) is 16.6. The van der Waals surface area contributed by atoms with Gasteiger partial charge in [0, 0.05) is 0 Å². The number of rotatable bonds is 20. The Balaban J connectivity index is 2.05. The molecule has 0 aliphatic rings. The van der Waals surface area contributed by atoms with Gasteiger partial charge in [-0.2, -0.15) is 9.37 Å². The van der Waals surface area contributed by atoms with E-state index in [4.69, 9.17) is 9.47 Å². The standard InChI is InChI=1S/C30H55FN2O2/c1-29(2,3)21-17-13-9-7-11-15-19-23-34-27-26(31)25-32-28(33-27)35-24-20-16-12-8-10-14-18-22-30(4,5)6/h25H,7-24H2,1-6H3. The molecule has 0 saturated carbocycles. The lowest BCUT2D eigenvalue weighted by Gasteiger charge is -2.17. The molecule has 0 aliphatic heterocycles. The molecule has 4 nitrogen and oxygen atoms in total. The predicted molar refractivity (Wildman–Crippen MR) is 146 cm³/mol. The van der Waals surface area contributed by atoms with Gasteiger partial charge < -0.3 is 9.47 Å². The third-order valence-electron chi connectivity index (χ3n) is 6.30. The summed E-state index contributed by atoms with van der Waals surface area (Å²) in [6.45, 7) is 14.9. The number of hydrogen-bond donors (Lipinski definition) is 0. The van der Waals surface area contributed by atoms with Crippen LogP contribution in [0.1, 0.15) is 144 Å². The smallest absolute Gasteiger partial charge is 0.319 e. The summed E-state index contributed by atoms with van der Waals surface area (Å²) in [5.41, 5.74) is 0.903. The maximum absolute atomic E-state index is 14.0. The van der Waals surface area contributed by atoms with E-state index in [-0.39, 0.29) is 11.9 Å². The highest BCUT2D eigenvalue weighted by Crippen LogP contribution is 2.24. The van der Waals surface area contributed by atoms with Crippen molar-refractivity contribution < 1.29 is 13.9 Å². The van der Waals surface area contributed by atoms with E-state index in [0.717, 1.165) is 31.9 Å². The van der Waals surface area contributed by atoms with Crippen molar-refractivity contribution in [3.63, 3.8) is 0 Å². The third-order valence-corrected chi connectivity index (χ3v) is 6.30. The summed E-state index contributed by atoms with van der Waals surface area (Å²) in [5, 5.41) is 0. The fourth-order valence-corrected chi connectivity index (χ4v) is 4.12. The summed E-state index contributed by atoms with van der Waals surface area (Å²) < 4.78 is 25.2. The first-order valence-corrected chi connectivity index (χ1v) is 14.3. The molecule has 0 aliphatic carbocycles. The molecule has 5 heteroatoms. The number of hydrogen-bond acceptors (Lipinski definition) is 4. The molecular weight excluding hydrogens is 439 g/mol. The van der Waals surface area contributed by atoms with Crippen LogP contribution in [-0.2, 0) is 0 Å². The van der Waals surface area contributed by atoms with Crippen molar-refractivity contribution in [3.05, 3.63) is 12.0 Å². The molecule has 0 N–H and O–H groups in total. The van der Waals surface area contributed by atoms with E-state index in [2.05, 4.69) is 51.5 Å². The fraction of sp³-hybridized carbons (Fsp3) is 0.867. The lowest BCUT2D eigenvalue weighted by atomic mass is 9.89. The minimum absolute atomic E-state index is 0.00689. The minimum Gasteiger partial charge on any atom is -0.475 e. The van der Waals surface area contributed by atoms with Gasteiger partial charge in [0.05, 0.1) is 19.4 Å². The highest BCUT2D eigenvalue weighted by Gasteiger charge is 2.11. The fourth-order valence-electron chi connectivity index (χ4n) is 4.12. The zero-order valence-electron chi connectivity index (χ0n) is 23.9. The molecule has 1 rings (SSSR count). The molecule has 1 aromatic rings. The Bertz CT molecular complexity index is 653. The lowest BCUT2D eigenvalue weighted by Crippen LogP contribution is -2.06. The van der Waals surface area contributed by atoms with Crippen molar-refractivity contribution in [3.8, 4) is 11.9 Å². The Morgan fingerprint density at radius 2 is 1.00 bits per heavy atom. The first-order valence-electron chi connectivity index (χ1n) is 14.3. The largest absolute Gasteiger partial charge is 0.475 e. The van der Waals surface area contributed by atoms with Crippen LogP contribution in [0, 0.1) is 16.6 Å². The Hall–Kier alpha value is -1.39. The van der Waals surface area contributed by atoms with Crippen LogP contribution in [0.25, 0.3) is 0 Å². The maximum Gasteiger partial charge on any atom is 0.319 e. The van der Waals surface area contributed by atoms with Crippen LogP contribution in [0.5, 0.6) is 11.9 Å². The second kappa shape index (κ2) is 17.9. The Morgan fingerprint density at radius 3 is 1.46 bits per heavy atom. The summed E-state index contributed by atoms with van der Waals surface area (Å²) in [6.07, 6.45) is 20.8. The molecule has 0 fully saturated rings. The molecule has 0 atom stereocenters. The molecule has 204 valence electrons. The van der Waals surface area contributed by atoms with Gasteiger partial charge in [-0.05, 0) is 36.5 Å². The molecule has 1 aromatic heterocycles. The van der Waals surface area contributed by atoms with Gasteiger partial charge >= 0.3 is 6.01 Å². The molecule has 0 saturated heterocycles. The van der Waals surface area contributed by atoms with E-state index < -0.39 is 5.82 Å². The van der Waals surface area contributed by atoms with Crippen LogP contribution in [0.3, 0.4) is 0 Å². The van der Waals surface area contributed by atoms with E-state index in [0.29, 0.717) is 24.0 Å². The van der Waals surface area contributed by atoms with Gasteiger partial charge in [0.1, 0.15) is 0 Å². The Kier molecular flexibility index (Phi) is 16.2. The maximum atomic E-state index is 14.0. The van der Waals surface area contributed by atoms with Crippen LogP contribution in [0.4, 0.5) is 4.39 Å². The number of halogens is 1. The lowest BCUT2D eigenvalue weighted by molar-refractivity contribution is 0.250. The van der Waals surface area contributed by atoms with Crippen molar-refractivity contribution >= 4 is 0 Å². The van der Waals surface area contributed by atoms with Crippen molar-refractivity contribution in [1.29, 1.82) is 0 Å². The first kappa shape index (κ1) is 31.6. The minimum atomic E-state index is -0.525. The van der Waals surface area contributed by atoms with Crippen LogP contribution < -0.4 is 9.47 Å². The molecule has 0 radical (unpaired) electrons. The predicted octanol–water partition coefficient (Wildman–Crippen LogP) is 9.71. The topological polar surface area (TPSA) is 44.2 Å². The molecule has 0 unspecified atom stereocenters. The van der Waals surface area contributed by atoms with E-state index in [1.807, 2.05) is 0 Å². The zero-order chi connectivity index (χ0) is 26.0. The van der Waals surface area contributed by atoms with Gasteiger partial charge in [-0.1, -0.05) is 119 Å². The Labute approximate surface area is 216 Å². The number of aromatic nitrogens is 2. The van der Waals surface area contributed by atoms with Gasteiger partial charge in [0.25, 0.3) is 5.88 Å². The molecule has 0 bridgehead atoms. The van der Waals surface area contributed by atoms with Crippen molar-refractivity contribution in [1.82, 2.24) is 9.97 Å². The molecule has 1 heterocycles. The summed E-state index contributed by atoms with van der Waals surface area (Å²) in [7, 11) is 0. The quantitative estimate of drug-likeness (QED) is 0.169. The molecule has 0 amide bonds. The van der Waals surface area contributed by atoms with Crippen LogP contribution in [0.15, 0.2) is 6.20 Å². The van der Waals surface area contributed by atoms with Gasteiger partial charge in [0.2, 0.25) is 5.82 Å². The van der Waals surface area contributed by atoms with Gasteiger partial charge in [0.15, 0.2) is 0 Å². The average Bonchev–Trinajstić information content (AvgIpc) is 2.76. The third kappa shape index (κ3) is 19.5. The normalized spacial score (nSPS) is 12.2. The van der Waals surface area contributed by atoms with E-state index >= 15 is 0 Å². The van der Waals surface area contributed by atoms with Crippen molar-refractivity contribution in [2.45, 2.75) is 144 Å². The van der Waals surface area contributed by atoms with E-state index in [9.17, 15) is 4.39 Å². The zero-order valence-corrected chi connectivity index (χ0v) is 23.9. The van der Waals surface area contributed by atoms with Gasteiger partial charge in [-0.15, -0.1) is 0 Å². The second-order valence-corrected chi connectivity index (χ2v) is 12.6. The molecule has 0 aromatic carbocycles. The van der Waals surface area contributed by atoms with Gasteiger partial charge in [-0.3, -0.25) is 0 Å². The number of ether oxygens (including phenoxy) is 2. The monoisotopic (exact) mass is 494 g/mol.